The van der Waals surface area contributed by atoms with Crippen molar-refractivity contribution in [2.24, 2.45) is 23.2 Å². The van der Waals surface area contributed by atoms with Crippen LogP contribution in [0.1, 0.15) is 44.6 Å². The second-order valence-electron chi connectivity index (χ2n) is 9.35. The molecular formula is C24H33NO3. The van der Waals surface area contributed by atoms with E-state index >= 15 is 0 Å². The molecule has 0 spiro atoms. The summed E-state index contributed by atoms with van der Waals surface area (Å²) in [5.74, 6) is 0.649. The van der Waals surface area contributed by atoms with Crippen LogP contribution >= 0.6 is 0 Å². The van der Waals surface area contributed by atoms with Crippen LogP contribution in [0, 0.1) is 23.2 Å². The van der Waals surface area contributed by atoms with E-state index in [4.69, 9.17) is 4.74 Å². The third kappa shape index (κ3) is 3.77. The molecule has 1 aliphatic heterocycles. The van der Waals surface area contributed by atoms with Crippen LogP contribution in [0.2, 0.25) is 0 Å². The van der Waals surface area contributed by atoms with E-state index in [2.05, 4.69) is 30.5 Å². The maximum Gasteiger partial charge on any atom is 0.310 e. The molecule has 3 fully saturated rings. The summed E-state index contributed by atoms with van der Waals surface area (Å²) in [4.78, 5) is 15.0. The highest BCUT2D eigenvalue weighted by molar-refractivity contribution is 5.75. The first-order chi connectivity index (χ1) is 13.5. The molecule has 4 nitrogen and oxygen atoms in total. The lowest BCUT2D eigenvalue weighted by Crippen LogP contribution is -2.45. The zero-order valence-electron chi connectivity index (χ0n) is 17.0. The molecule has 4 heteroatoms. The number of hydrogen-bond acceptors (Lipinski definition) is 4. The molecule has 3 aliphatic rings. The number of ether oxygens (including phenoxy) is 1. The molecule has 0 unspecified atom stereocenters. The third-order valence-electron chi connectivity index (χ3n) is 7.44. The first-order valence-corrected chi connectivity index (χ1v) is 10.8. The molecule has 1 aromatic carbocycles. The van der Waals surface area contributed by atoms with Gasteiger partial charge < -0.3 is 9.84 Å². The van der Waals surface area contributed by atoms with Crippen LogP contribution in [0.25, 0.3) is 0 Å². The van der Waals surface area contributed by atoms with Crippen molar-refractivity contribution in [2.45, 2.75) is 51.7 Å². The van der Waals surface area contributed by atoms with Gasteiger partial charge in [-0.15, -0.1) is 0 Å². The lowest BCUT2D eigenvalue weighted by atomic mass is 9.55. The molecule has 0 amide bonds. The topological polar surface area (TPSA) is 49.8 Å². The number of esters is 1. The molecule has 1 aromatic rings. The maximum absolute atomic E-state index is 12.8. The second kappa shape index (κ2) is 8.00. The minimum absolute atomic E-state index is 0.0427. The first-order valence-electron chi connectivity index (χ1n) is 10.8. The van der Waals surface area contributed by atoms with Crippen LogP contribution in [-0.2, 0) is 16.1 Å². The van der Waals surface area contributed by atoms with Gasteiger partial charge >= 0.3 is 5.97 Å². The van der Waals surface area contributed by atoms with E-state index in [9.17, 15) is 9.90 Å². The number of carbonyl (C=O) groups excluding carboxylic acids is 1. The fourth-order valence-electron chi connectivity index (χ4n) is 5.96. The highest BCUT2D eigenvalue weighted by Crippen LogP contribution is 2.56. The molecule has 5 atom stereocenters. The minimum atomic E-state index is -0.0976. The first kappa shape index (κ1) is 19.7. The molecular weight excluding hydrogens is 350 g/mol. The van der Waals surface area contributed by atoms with E-state index < -0.39 is 0 Å². The maximum atomic E-state index is 12.8. The van der Waals surface area contributed by atoms with Gasteiger partial charge in [0.2, 0.25) is 0 Å². The van der Waals surface area contributed by atoms with Crippen LogP contribution in [0.4, 0.5) is 0 Å². The molecule has 1 saturated heterocycles. The Balaban J connectivity index is 1.49. The SMILES string of the molecule is C=C1CCC[C@]2(C)C[C@H]3OC(=O)[C@@H](CN(CCO)Cc4ccccc4)[C@@H]3C[C@@H]12. The molecule has 1 heterocycles. The lowest BCUT2D eigenvalue weighted by Gasteiger charge is -2.50. The number of hydrogen-bond donors (Lipinski definition) is 1. The van der Waals surface area contributed by atoms with E-state index in [0.29, 0.717) is 19.0 Å². The van der Waals surface area contributed by atoms with Crippen LogP contribution in [0.5, 0.6) is 0 Å². The zero-order chi connectivity index (χ0) is 19.7. The third-order valence-corrected chi connectivity index (χ3v) is 7.44. The Kier molecular flexibility index (Phi) is 5.62. The van der Waals surface area contributed by atoms with Gasteiger partial charge in [0, 0.05) is 25.6 Å². The number of nitrogens with zero attached hydrogens (tertiary/aromatic N) is 1. The summed E-state index contributed by atoms with van der Waals surface area (Å²) in [5, 5.41) is 9.54. The Morgan fingerprint density at radius 2 is 2.11 bits per heavy atom. The number of allylic oxidation sites excluding steroid dienone is 1. The van der Waals surface area contributed by atoms with Crippen molar-refractivity contribution in [3.8, 4) is 0 Å². The molecule has 0 radical (unpaired) electrons. The quantitative estimate of drug-likeness (QED) is 0.600. The van der Waals surface area contributed by atoms with Crippen molar-refractivity contribution in [2.75, 3.05) is 19.7 Å². The Morgan fingerprint density at radius 3 is 2.86 bits per heavy atom. The summed E-state index contributed by atoms with van der Waals surface area (Å²) < 4.78 is 5.90. The van der Waals surface area contributed by atoms with Crippen LogP contribution in [0.3, 0.4) is 0 Å². The lowest BCUT2D eigenvalue weighted by molar-refractivity contribution is -0.146. The average molecular weight is 384 g/mol. The summed E-state index contributed by atoms with van der Waals surface area (Å²) in [5.41, 5.74) is 2.82. The highest BCUT2D eigenvalue weighted by Gasteiger charge is 2.55. The van der Waals surface area contributed by atoms with Crippen LogP contribution in [-0.4, -0.2) is 41.8 Å². The van der Waals surface area contributed by atoms with E-state index in [0.717, 1.165) is 25.8 Å². The largest absolute Gasteiger partial charge is 0.462 e. The molecule has 4 rings (SSSR count). The monoisotopic (exact) mass is 383 g/mol. The average Bonchev–Trinajstić information content (AvgIpc) is 2.95. The molecule has 1 N–H and O–H groups in total. The van der Waals surface area contributed by atoms with Gasteiger partial charge in [-0.25, -0.2) is 0 Å². The van der Waals surface area contributed by atoms with Gasteiger partial charge in [0.15, 0.2) is 0 Å². The van der Waals surface area contributed by atoms with Gasteiger partial charge in [-0.1, -0.05) is 49.4 Å². The predicted octanol–water partition coefficient (Wildman–Crippen LogP) is 3.80. The van der Waals surface area contributed by atoms with Crippen molar-refractivity contribution in [1.82, 2.24) is 4.90 Å². The molecule has 0 aromatic heterocycles. The minimum Gasteiger partial charge on any atom is -0.462 e. The molecule has 2 aliphatic carbocycles. The summed E-state index contributed by atoms with van der Waals surface area (Å²) in [6, 6.07) is 10.3. The number of benzene rings is 1. The normalized spacial score (nSPS) is 34.8. The van der Waals surface area contributed by atoms with Crippen LogP contribution in [0.15, 0.2) is 42.5 Å². The van der Waals surface area contributed by atoms with Gasteiger partial charge in [-0.05, 0) is 49.0 Å². The Bertz CT molecular complexity index is 718. The van der Waals surface area contributed by atoms with Gasteiger partial charge in [0.1, 0.15) is 6.10 Å². The number of aliphatic hydroxyl groups is 1. The van der Waals surface area contributed by atoms with Gasteiger partial charge in [0.05, 0.1) is 12.5 Å². The van der Waals surface area contributed by atoms with Crippen molar-refractivity contribution in [3.05, 3.63) is 48.0 Å². The molecule has 152 valence electrons. The Morgan fingerprint density at radius 1 is 1.32 bits per heavy atom. The Labute approximate surface area is 168 Å². The number of fused-ring (bicyclic) bond motifs is 2. The van der Waals surface area contributed by atoms with Crippen molar-refractivity contribution >= 4 is 5.97 Å². The summed E-state index contributed by atoms with van der Waals surface area (Å²) in [6.45, 7) is 8.82. The Hall–Kier alpha value is -1.65. The summed E-state index contributed by atoms with van der Waals surface area (Å²) in [7, 11) is 0. The molecule has 0 bridgehead atoms. The van der Waals surface area contributed by atoms with Gasteiger partial charge in [-0.2, -0.15) is 0 Å². The second-order valence-corrected chi connectivity index (χ2v) is 9.35. The fraction of sp³-hybridized carbons (Fsp3) is 0.625. The fourth-order valence-corrected chi connectivity index (χ4v) is 5.96. The zero-order valence-corrected chi connectivity index (χ0v) is 17.0. The van der Waals surface area contributed by atoms with E-state index in [1.807, 2.05) is 18.2 Å². The summed E-state index contributed by atoms with van der Waals surface area (Å²) in [6.07, 6.45) is 5.60. The molecule has 28 heavy (non-hydrogen) atoms. The van der Waals surface area contributed by atoms with Crippen molar-refractivity contribution in [1.29, 1.82) is 0 Å². The number of rotatable bonds is 6. The summed E-state index contributed by atoms with van der Waals surface area (Å²) >= 11 is 0. The van der Waals surface area contributed by atoms with Crippen LogP contribution < -0.4 is 0 Å². The van der Waals surface area contributed by atoms with Gasteiger partial charge in [0.25, 0.3) is 0 Å². The van der Waals surface area contributed by atoms with E-state index in [1.165, 1.54) is 24.0 Å². The van der Waals surface area contributed by atoms with Crippen molar-refractivity contribution < 1.29 is 14.6 Å². The number of aliphatic hydroxyl groups excluding tert-OH is 1. The van der Waals surface area contributed by atoms with E-state index in [-0.39, 0.29) is 35.9 Å². The van der Waals surface area contributed by atoms with E-state index in [1.54, 1.807) is 0 Å². The van der Waals surface area contributed by atoms with Crippen molar-refractivity contribution in [3.63, 3.8) is 0 Å². The molecule has 2 saturated carbocycles. The number of carbonyl (C=O) groups is 1. The van der Waals surface area contributed by atoms with Gasteiger partial charge in [-0.3, -0.25) is 9.69 Å². The predicted molar refractivity (Wildman–Crippen MR) is 109 cm³/mol. The smallest absolute Gasteiger partial charge is 0.310 e. The standard InChI is InChI=1S/C24H33NO3/c1-17-7-6-10-24(2)14-22-19(13-21(17)24)20(23(27)28-22)16-25(11-12-26)15-18-8-4-3-5-9-18/h3-5,8-9,19-22,26H,1,6-7,10-16H2,2H3/t19-,20-,21-,22+,24+/m0/s1. The highest BCUT2D eigenvalue weighted by atomic mass is 16.6.